The summed E-state index contributed by atoms with van der Waals surface area (Å²) < 4.78 is 5.21. The van der Waals surface area contributed by atoms with Crippen LogP contribution in [0.25, 0.3) is 10.8 Å². The van der Waals surface area contributed by atoms with Gasteiger partial charge in [-0.15, -0.1) is 0 Å². The van der Waals surface area contributed by atoms with Crippen molar-refractivity contribution in [1.29, 1.82) is 5.26 Å². The van der Waals surface area contributed by atoms with Crippen LogP contribution in [0.1, 0.15) is 45.1 Å². The Morgan fingerprint density at radius 3 is 2.55 bits per heavy atom. The number of fused-ring (bicyclic) bond motifs is 1. The van der Waals surface area contributed by atoms with Crippen molar-refractivity contribution in [2.24, 2.45) is 0 Å². The average Bonchev–Trinajstić information content (AvgIpc) is 2.72. The number of hydrogen-bond acceptors (Lipinski definition) is 4. The molecule has 0 saturated heterocycles. The van der Waals surface area contributed by atoms with Crippen molar-refractivity contribution < 1.29 is 14.3 Å². The molecule has 0 heterocycles. The Hall–Kier alpha value is -3.07. The molecule has 0 saturated carbocycles. The summed E-state index contributed by atoms with van der Waals surface area (Å²) >= 11 is 0. The molecule has 0 bridgehead atoms. The van der Waals surface area contributed by atoms with Crippen LogP contribution in [0.2, 0.25) is 0 Å². The van der Waals surface area contributed by atoms with Crippen molar-refractivity contribution in [2.75, 3.05) is 6.61 Å². The van der Waals surface area contributed by atoms with Crippen LogP contribution in [0.3, 0.4) is 0 Å². The fourth-order valence-corrected chi connectivity index (χ4v) is 3.03. The molecule has 154 valence electrons. The van der Waals surface area contributed by atoms with Gasteiger partial charge >= 0.3 is 6.09 Å². The fourth-order valence-electron chi connectivity index (χ4n) is 3.03. The maximum Gasteiger partial charge on any atom is 0.407 e. The van der Waals surface area contributed by atoms with Crippen LogP contribution in [0.4, 0.5) is 4.79 Å². The van der Waals surface area contributed by atoms with E-state index in [1.54, 1.807) is 6.92 Å². The SMILES string of the molecule is CCCCCCOC(=O)NC(Cc1ccc2ccccc2c1)C(=O)NC(C)C#N. The molecule has 0 aromatic heterocycles. The lowest BCUT2D eigenvalue weighted by atomic mass is 10.0. The molecule has 0 aliphatic carbocycles. The monoisotopic (exact) mass is 395 g/mol. The lowest BCUT2D eigenvalue weighted by Gasteiger charge is -2.19. The molecule has 0 radical (unpaired) electrons. The van der Waals surface area contributed by atoms with Crippen molar-refractivity contribution >= 4 is 22.8 Å². The largest absolute Gasteiger partial charge is 0.450 e. The first kappa shape index (κ1) is 22.2. The minimum absolute atomic E-state index is 0.305. The molecule has 2 atom stereocenters. The van der Waals surface area contributed by atoms with E-state index in [0.717, 1.165) is 42.0 Å². The topological polar surface area (TPSA) is 91.2 Å². The molecule has 0 spiro atoms. The summed E-state index contributed by atoms with van der Waals surface area (Å²) in [5, 5.41) is 16.4. The van der Waals surface area contributed by atoms with Gasteiger partial charge in [0.1, 0.15) is 12.1 Å². The molecule has 2 rings (SSSR count). The van der Waals surface area contributed by atoms with E-state index in [9.17, 15) is 9.59 Å². The van der Waals surface area contributed by atoms with Gasteiger partial charge in [0.25, 0.3) is 0 Å². The molecule has 29 heavy (non-hydrogen) atoms. The van der Waals surface area contributed by atoms with Crippen molar-refractivity contribution in [1.82, 2.24) is 10.6 Å². The molecule has 0 fully saturated rings. The Morgan fingerprint density at radius 2 is 1.83 bits per heavy atom. The third-order valence-corrected chi connectivity index (χ3v) is 4.65. The predicted molar refractivity (Wildman–Crippen MR) is 113 cm³/mol. The number of nitriles is 1. The van der Waals surface area contributed by atoms with Crippen LogP contribution < -0.4 is 10.6 Å². The van der Waals surface area contributed by atoms with Crippen LogP contribution in [0.5, 0.6) is 0 Å². The van der Waals surface area contributed by atoms with Crippen LogP contribution in [-0.2, 0) is 16.0 Å². The summed E-state index contributed by atoms with van der Waals surface area (Å²) in [6, 6.07) is 14.4. The van der Waals surface area contributed by atoms with Crippen molar-refractivity contribution in [3.63, 3.8) is 0 Å². The minimum atomic E-state index is -0.824. The van der Waals surface area contributed by atoms with Gasteiger partial charge in [0.05, 0.1) is 12.7 Å². The van der Waals surface area contributed by atoms with Gasteiger partial charge in [-0.3, -0.25) is 4.79 Å². The highest BCUT2D eigenvalue weighted by molar-refractivity contribution is 5.87. The Morgan fingerprint density at radius 1 is 1.07 bits per heavy atom. The minimum Gasteiger partial charge on any atom is -0.450 e. The Balaban J connectivity index is 2.04. The quantitative estimate of drug-likeness (QED) is 0.593. The zero-order valence-electron chi connectivity index (χ0n) is 17.1. The van der Waals surface area contributed by atoms with E-state index in [-0.39, 0.29) is 0 Å². The first-order valence-electron chi connectivity index (χ1n) is 10.1. The molecule has 0 aliphatic rings. The van der Waals surface area contributed by atoms with Crippen molar-refractivity contribution in [3.8, 4) is 6.07 Å². The summed E-state index contributed by atoms with van der Waals surface area (Å²) in [5.41, 5.74) is 0.914. The number of nitrogens with zero attached hydrogens (tertiary/aromatic N) is 1. The number of alkyl carbamates (subject to hydrolysis) is 1. The molecule has 0 aliphatic heterocycles. The van der Waals surface area contributed by atoms with E-state index in [2.05, 4.69) is 17.6 Å². The van der Waals surface area contributed by atoms with E-state index in [1.807, 2.05) is 48.5 Å². The van der Waals surface area contributed by atoms with E-state index in [4.69, 9.17) is 10.00 Å². The first-order chi connectivity index (χ1) is 14.0. The number of amides is 2. The van der Waals surface area contributed by atoms with E-state index in [1.165, 1.54) is 0 Å². The smallest absolute Gasteiger partial charge is 0.407 e. The van der Waals surface area contributed by atoms with Gasteiger partial charge in [0.2, 0.25) is 5.91 Å². The maximum absolute atomic E-state index is 12.6. The third kappa shape index (κ3) is 7.46. The molecule has 6 heteroatoms. The summed E-state index contributed by atoms with van der Waals surface area (Å²) in [6.45, 7) is 4.04. The summed E-state index contributed by atoms with van der Waals surface area (Å²) in [7, 11) is 0. The van der Waals surface area contributed by atoms with Crippen LogP contribution in [0, 0.1) is 11.3 Å². The average molecular weight is 396 g/mol. The second-order valence-electron chi connectivity index (χ2n) is 7.14. The van der Waals surface area contributed by atoms with Gasteiger partial charge in [-0.25, -0.2) is 4.79 Å². The number of benzene rings is 2. The summed E-state index contributed by atoms with van der Waals surface area (Å²) in [4.78, 5) is 24.8. The van der Waals surface area contributed by atoms with E-state index in [0.29, 0.717) is 13.0 Å². The highest BCUT2D eigenvalue weighted by Gasteiger charge is 2.23. The molecule has 2 unspecified atom stereocenters. The molecule has 2 N–H and O–H groups in total. The number of nitrogens with one attached hydrogen (secondary N) is 2. The highest BCUT2D eigenvalue weighted by Crippen LogP contribution is 2.17. The van der Waals surface area contributed by atoms with Gasteiger partial charge in [-0.2, -0.15) is 5.26 Å². The number of carbonyl (C=O) groups excluding carboxylic acids is 2. The van der Waals surface area contributed by atoms with E-state index >= 15 is 0 Å². The number of carbonyl (C=O) groups is 2. The summed E-state index contributed by atoms with van der Waals surface area (Å²) in [6.07, 6.45) is 3.70. The highest BCUT2D eigenvalue weighted by atomic mass is 16.5. The van der Waals surface area contributed by atoms with Crippen LogP contribution >= 0.6 is 0 Å². The third-order valence-electron chi connectivity index (χ3n) is 4.65. The van der Waals surface area contributed by atoms with Crippen molar-refractivity contribution in [3.05, 3.63) is 48.0 Å². The van der Waals surface area contributed by atoms with Gasteiger partial charge in [0.15, 0.2) is 0 Å². The first-order valence-corrected chi connectivity index (χ1v) is 10.1. The normalized spacial score (nSPS) is 12.6. The zero-order chi connectivity index (χ0) is 21.1. The van der Waals surface area contributed by atoms with Gasteiger partial charge < -0.3 is 15.4 Å². The second kappa shape index (κ2) is 11.7. The number of hydrogen-bond donors (Lipinski definition) is 2. The van der Waals surface area contributed by atoms with Crippen LogP contribution in [-0.4, -0.2) is 30.7 Å². The zero-order valence-corrected chi connectivity index (χ0v) is 17.1. The Labute approximate surface area is 172 Å². The number of ether oxygens (including phenoxy) is 1. The standard InChI is InChI=1S/C23H29N3O3/c1-3-4-5-8-13-29-23(28)26-21(22(27)25-17(2)16-24)15-18-11-12-19-9-6-7-10-20(19)14-18/h6-7,9-12,14,17,21H,3-5,8,13,15H2,1-2H3,(H,25,27)(H,26,28). The van der Waals surface area contributed by atoms with Gasteiger partial charge in [-0.05, 0) is 29.7 Å². The second-order valence-corrected chi connectivity index (χ2v) is 7.14. The predicted octanol–water partition coefficient (Wildman–Crippen LogP) is 4.09. The van der Waals surface area contributed by atoms with Crippen molar-refractivity contribution in [2.45, 2.75) is 58.0 Å². The fraction of sp³-hybridized carbons (Fsp3) is 0.435. The summed E-state index contributed by atoms with van der Waals surface area (Å²) in [5.74, 6) is -0.407. The molecule has 6 nitrogen and oxygen atoms in total. The maximum atomic E-state index is 12.6. The molecule has 2 aromatic carbocycles. The Bertz CT molecular complexity index is 860. The molecular weight excluding hydrogens is 366 g/mol. The van der Waals surface area contributed by atoms with E-state index < -0.39 is 24.1 Å². The Kier molecular flexibility index (Phi) is 8.97. The van der Waals surface area contributed by atoms with Crippen LogP contribution in [0.15, 0.2) is 42.5 Å². The van der Waals surface area contributed by atoms with Gasteiger partial charge in [-0.1, -0.05) is 68.7 Å². The lowest BCUT2D eigenvalue weighted by molar-refractivity contribution is -0.123. The number of unbranched alkanes of at least 4 members (excludes halogenated alkanes) is 3. The van der Waals surface area contributed by atoms with Gasteiger partial charge in [0, 0.05) is 6.42 Å². The molecular formula is C23H29N3O3. The molecule has 2 aromatic rings. The molecule has 2 amide bonds. The lowest BCUT2D eigenvalue weighted by Crippen LogP contribution is -2.50. The number of rotatable bonds is 10.